The minimum Gasteiger partial charge on any atom is -0.449 e. The van der Waals surface area contributed by atoms with Gasteiger partial charge in [-0.05, 0) is 46.0 Å². The van der Waals surface area contributed by atoms with Crippen LogP contribution < -0.4 is 5.32 Å². The molecule has 1 amide bonds. The Morgan fingerprint density at radius 2 is 1.68 bits per heavy atom. The molecule has 3 aromatic carbocycles. The quantitative estimate of drug-likeness (QED) is 0.279. The molecule has 0 spiro atoms. The Labute approximate surface area is 192 Å². The molecule has 31 heavy (non-hydrogen) atoms. The summed E-state index contributed by atoms with van der Waals surface area (Å²) in [7, 11) is 0. The van der Waals surface area contributed by atoms with Crippen LogP contribution in [-0.4, -0.2) is 19.2 Å². The first kappa shape index (κ1) is 21.3. The van der Waals surface area contributed by atoms with Gasteiger partial charge in [-0.2, -0.15) is 0 Å². The summed E-state index contributed by atoms with van der Waals surface area (Å²) in [5.41, 5.74) is 6.51. The molecule has 0 saturated heterocycles. The van der Waals surface area contributed by atoms with Crippen LogP contribution in [0.4, 0.5) is 4.79 Å². The highest BCUT2D eigenvalue weighted by Gasteiger charge is 2.28. The summed E-state index contributed by atoms with van der Waals surface area (Å²) in [4.78, 5) is 12.2. The fourth-order valence-electron chi connectivity index (χ4n) is 3.80. The van der Waals surface area contributed by atoms with Crippen molar-refractivity contribution in [3.8, 4) is 23.0 Å². The molecule has 0 saturated carbocycles. The number of nitrogens with one attached hydrogen (secondary N) is 1. The van der Waals surface area contributed by atoms with Gasteiger partial charge < -0.3 is 10.1 Å². The molecular formula is C26H21Cl2NO2. The smallest absolute Gasteiger partial charge is 0.407 e. The molecule has 0 aliphatic heterocycles. The zero-order valence-corrected chi connectivity index (χ0v) is 18.3. The Bertz CT molecular complexity index is 1120. The first-order valence-electron chi connectivity index (χ1n) is 10.1. The number of alkyl halides is 1. The number of benzene rings is 3. The molecule has 156 valence electrons. The van der Waals surface area contributed by atoms with Gasteiger partial charge in [0.1, 0.15) is 6.61 Å². The van der Waals surface area contributed by atoms with E-state index in [0.29, 0.717) is 30.5 Å². The highest BCUT2D eigenvalue weighted by molar-refractivity contribution is 6.32. The van der Waals surface area contributed by atoms with Crippen LogP contribution in [0.5, 0.6) is 0 Å². The van der Waals surface area contributed by atoms with Gasteiger partial charge in [0.15, 0.2) is 0 Å². The number of rotatable bonds is 5. The zero-order valence-electron chi connectivity index (χ0n) is 16.8. The molecule has 1 N–H and O–H groups in total. The van der Waals surface area contributed by atoms with Crippen LogP contribution in [0.2, 0.25) is 5.02 Å². The van der Waals surface area contributed by atoms with Gasteiger partial charge in [-0.1, -0.05) is 72.0 Å². The number of fused-ring (bicyclic) bond motifs is 3. The number of hydrogen-bond donors (Lipinski definition) is 1. The normalized spacial score (nSPS) is 11.8. The van der Waals surface area contributed by atoms with E-state index in [1.165, 1.54) is 22.3 Å². The van der Waals surface area contributed by atoms with E-state index in [4.69, 9.17) is 27.9 Å². The summed E-state index contributed by atoms with van der Waals surface area (Å²) in [5.74, 6) is 6.50. The fourth-order valence-corrected chi connectivity index (χ4v) is 4.27. The van der Waals surface area contributed by atoms with E-state index >= 15 is 0 Å². The van der Waals surface area contributed by atoms with E-state index < -0.39 is 6.09 Å². The number of halogens is 2. The number of hydrogen-bond acceptors (Lipinski definition) is 2. The highest BCUT2D eigenvalue weighted by Crippen LogP contribution is 2.44. The maximum absolute atomic E-state index is 12.2. The van der Waals surface area contributed by atoms with E-state index in [0.717, 1.165) is 11.1 Å². The van der Waals surface area contributed by atoms with Crippen molar-refractivity contribution < 1.29 is 9.53 Å². The molecule has 0 radical (unpaired) electrons. The van der Waals surface area contributed by atoms with Crippen LogP contribution in [0.25, 0.3) is 11.1 Å². The fraction of sp³-hybridized carbons (Fsp3) is 0.192. The number of carbonyl (C=O) groups is 1. The van der Waals surface area contributed by atoms with Crippen molar-refractivity contribution >= 4 is 29.3 Å². The molecule has 0 bridgehead atoms. The lowest BCUT2D eigenvalue weighted by atomic mass is 9.98. The second kappa shape index (κ2) is 9.92. The molecule has 0 unspecified atom stereocenters. The topological polar surface area (TPSA) is 38.3 Å². The zero-order chi connectivity index (χ0) is 21.6. The minimum absolute atomic E-state index is 0.0546. The molecule has 0 fully saturated rings. The number of alkyl carbamates (subject to hydrolysis) is 1. The average molecular weight is 450 g/mol. The van der Waals surface area contributed by atoms with Gasteiger partial charge in [-0.15, -0.1) is 11.6 Å². The largest absolute Gasteiger partial charge is 0.449 e. The summed E-state index contributed by atoms with van der Waals surface area (Å²) in [6.45, 7) is 0.719. The molecule has 5 heteroatoms. The summed E-state index contributed by atoms with van der Waals surface area (Å²) >= 11 is 11.9. The second-order valence-electron chi connectivity index (χ2n) is 7.24. The molecule has 0 aromatic heterocycles. The first-order valence-corrected chi connectivity index (χ1v) is 11.0. The van der Waals surface area contributed by atoms with Crippen molar-refractivity contribution in [2.24, 2.45) is 0 Å². The predicted octanol–water partition coefficient (Wildman–Crippen LogP) is 6.36. The van der Waals surface area contributed by atoms with Gasteiger partial charge in [0.2, 0.25) is 0 Å². The van der Waals surface area contributed by atoms with Crippen LogP contribution in [-0.2, 0) is 10.6 Å². The van der Waals surface area contributed by atoms with E-state index in [-0.39, 0.29) is 5.92 Å². The number of carbonyl (C=O) groups excluding carboxylic acids is 1. The molecular weight excluding hydrogens is 429 g/mol. The van der Waals surface area contributed by atoms with Crippen molar-refractivity contribution in [2.45, 2.75) is 18.2 Å². The first-order chi connectivity index (χ1) is 15.2. The third-order valence-corrected chi connectivity index (χ3v) is 5.94. The second-order valence-corrected chi connectivity index (χ2v) is 7.92. The maximum Gasteiger partial charge on any atom is 0.407 e. The van der Waals surface area contributed by atoms with Crippen molar-refractivity contribution in [3.05, 3.63) is 94.0 Å². The number of amides is 1. The Balaban J connectivity index is 1.28. The Morgan fingerprint density at radius 3 is 2.35 bits per heavy atom. The van der Waals surface area contributed by atoms with Crippen LogP contribution in [0.1, 0.15) is 34.6 Å². The van der Waals surface area contributed by atoms with Gasteiger partial charge >= 0.3 is 6.09 Å². The number of ether oxygens (including phenoxy) is 1. The average Bonchev–Trinajstić information content (AvgIpc) is 3.12. The van der Waals surface area contributed by atoms with Crippen molar-refractivity contribution in [1.29, 1.82) is 0 Å². The lowest BCUT2D eigenvalue weighted by molar-refractivity contribution is 0.143. The Morgan fingerprint density at radius 1 is 1.00 bits per heavy atom. The van der Waals surface area contributed by atoms with Crippen molar-refractivity contribution in [1.82, 2.24) is 5.32 Å². The molecule has 3 nitrogen and oxygen atoms in total. The summed E-state index contributed by atoms with van der Waals surface area (Å²) < 4.78 is 5.52. The summed E-state index contributed by atoms with van der Waals surface area (Å²) in [6.07, 6.45) is 0.0860. The van der Waals surface area contributed by atoms with E-state index in [1.54, 1.807) is 6.07 Å². The van der Waals surface area contributed by atoms with E-state index in [2.05, 4.69) is 41.4 Å². The van der Waals surface area contributed by atoms with Gasteiger partial charge in [0, 0.05) is 35.3 Å². The van der Waals surface area contributed by atoms with Crippen LogP contribution in [0, 0.1) is 11.8 Å². The summed E-state index contributed by atoms with van der Waals surface area (Å²) in [5, 5.41) is 3.40. The van der Waals surface area contributed by atoms with Gasteiger partial charge in [-0.25, -0.2) is 4.79 Å². The van der Waals surface area contributed by atoms with Gasteiger partial charge in [-0.3, -0.25) is 0 Å². The van der Waals surface area contributed by atoms with Gasteiger partial charge in [0.05, 0.1) is 0 Å². The van der Waals surface area contributed by atoms with Crippen LogP contribution in [0.15, 0.2) is 66.7 Å². The van der Waals surface area contributed by atoms with Crippen molar-refractivity contribution in [2.75, 3.05) is 13.2 Å². The molecule has 0 heterocycles. The van der Waals surface area contributed by atoms with E-state index in [9.17, 15) is 4.79 Å². The molecule has 3 aromatic rings. The Hall–Kier alpha value is -2.93. The Kier molecular flexibility index (Phi) is 6.82. The third kappa shape index (κ3) is 4.88. The molecule has 0 atom stereocenters. The maximum atomic E-state index is 12.2. The molecule has 1 aliphatic carbocycles. The van der Waals surface area contributed by atoms with E-state index in [1.807, 2.05) is 36.4 Å². The van der Waals surface area contributed by atoms with Crippen LogP contribution in [0.3, 0.4) is 0 Å². The SMILES string of the molecule is O=C(NCCC#Cc1ccc(Cl)c(CCl)c1)OCC1c2ccccc2-c2ccccc21. The lowest BCUT2D eigenvalue weighted by Crippen LogP contribution is -2.26. The third-order valence-electron chi connectivity index (χ3n) is 5.29. The van der Waals surface area contributed by atoms with Crippen molar-refractivity contribution in [3.63, 3.8) is 0 Å². The summed E-state index contributed by atoms with van der Waals surface area (Å²) in [6, 6.07) is 22.1. The highest BCUT2D eigenvalue weighted by atomic mass is 35.5. The minimum atomic E-state index is -0.431. The van der Waals surface area contributed by atoms with Gasteiger partial charge in [0.25, 0.3) is 0 Å². The molecule has 4 rings (SSSR count). The predicted molar refractivity (Wildman–Crippen MR) is 126 cm³/mol. The van der Waals surface area contributed by atoms with Crippen LogP contribution >= 0.6 is 23.2 Å². The standard InChI is InChI=1S/C26H21Cl2NO2/c27-16-19-15-18(12-13-25(19)28)7-5-6-14-29-26(30)31-17-24-22-10-3-1-8-20(22)21-9-2-4-11-23(21)24/h1-4,8-13,15,24H,6,14,16-17H2,(H,29,30). The molecule has 1 aliphatic rings. The lowest BCUT2D eigenvalue weighted by Gasteiger charge is -2.14. The monoisotopic (exact) mass is 449 g/mol.